The third-order valence-electron chi connectivity index (χ3n) is 2.54. The number of hydrogen-bond acceptors (Lipinski definition) is 3. The van der Waals surface area contributed by atoms with Crippen molar-refractivity contribution in [2.75, 3.05) is 13.2 Å². The Morgan fingerprint density at radius 1 is 1.36 bits per heavy atom. The summed E-state index contributed by atoms with van der Waals surface area (Å²) in [6.45, 7) is 0.548. The zero-order chi connectivity index (χ0) is 8.11. The van der Waals surface area contributed by atoms with Crippen LogP contribution >= 0.6 is 0 Å². The van der Waals surface area contributed by atoms with Crippen molar-refractivity contribution in [3.05, 3.63) is 0 Å². The smallest absolute Gasteiger partial charge is 0.312 e. The molecule has 4 heteroatoms. The van der Waals surface area contributed by atoms with Gasteiger partial charge in [0.1, 0.15) is 0 Å². The minimum absolute atomic E-state index is 0.255. The van der Waals surface area contributed by atoms with Crippen LogP contribution in [-0.2, 0) is 9.53 Å². The summed E-state index contributed by atoms with van der Waals surface area (Å²) < 4.78 is 4.97. The van der Waals surface area contributed by atoms with Crippen molar-refractivity contribution in [3.63, 3.8) is 0 Å². The Hall–Kier alpha value is -0.610. The van der Waals surface area contributed by atoms with Crippen LogP contribution in [-0.4, -0.2) is 35.0 Å². The molecule has 11 heavy (non-hydrogen) atoms. The Morgan fingerprint density at radius 2 is 2.00 bits per heavy atom. The van der Waals surface area contributed by atoms with Gasteiger partial charge in [-0.3, -0.25) is 4.79 Å². The minimum atomic E-state index is -0.845. The van der Waals surface area contributed by atoms with Crippen molar-refractivity contribution in [1.29, 1.82) is 0 Å². The molecule has 1 saturated carbocycles. The highest BCUT2D eigenvalue weighted by molar-refractivity contribution is 5.77. The van der Waals surface area contributed by atoms with Gasteiger partial charge in [0, 0.05) is 0 Å². The maximum Gasteiger partial charge on any atom is 0.312 e. The molecular weight excluding hydrogens is 148 g/mol. The minimum Gasteiger partial charge on any atom is -0.481 e. The number of hydrogen-bond donors (Lipinski definition) is 2. The predicted molar refractivity (Wildman–Crippen MR) is 35.1 cm³/mol. The average molecular weight is 158 g/mol. The first-order chi connectivity index (χ1) is 5.06. The number of carboxylic acids is 1. The molecular formula is C7H10O4. The van der Waals surface area contributed by atoms with Gasteiger partial charge in [0.05, 0.1) is 24.2 Å². The van der Waals surface area contributed by atoms with Gasteiger partial charge in [-0.2, -0.15) is 0 Å². The monoisotopic (exact) mass is 158 g/mol. The summed E-state index contributed by atoms with van der Waals surface area (Å²) in [6.07, 6.45) is 0.713. The number of aliphatic carboxylic acids is 1. The first-order valence-electron chi connectivity index (χ1n) is 3.60. The van der Waals surface area contributed by atoms with Crippen LogP contribution in [0.3, 0.4) is 0 Å². The first-order valence-corrected chi connectivity index (χ1v) is 3.60. The van der Waals surface area contributed by atoms with Crippen molar-refractivity contribution in [2.24, 2.45) is 5.41 Å². The molecule has 2 bridgehead atoms. The molecule has 2 heterocycles. The summed E-state index contributed by atoms with van der Waals surface area (Å²) in [5, 5.41) is 18.2. The second-order valence-electron chi connectivity index (χ2n) is 3.66. The van der Waals surface area contributed by atoms with E-state index in [4.69, 9.17) is 9.84 Å². The highest BCUT2D eigenvalue weighted by atomic mass is 16.5. The fourth-order valence-corrected chi connectivity index (χ4v) is 2.06. The van der Waals surface area contributed by atoms with Crippen LogP contribution in [0.15, 0.2) is 0 Å². The lowest BCUT2D eigenvalue weighted by Crippen LogP contribution is -2.64. The summed E-state index contributed by atoms with van der Waals surface area (Å²) in [5.74, 6) is -0.845. The topological polar surface area (TPSA) is 66.8 Å². The van der Waals surface area contributed by atoms with Gasteiger partial charge in [-0.1, -0.05) is 0 Å². The van der Waals surface area contributed by atoms with Crippen LogP contribution in [0.1, 0.15) is 12.8 Å². The number of rotatable bonds is 1. The van der Waals surface area contributed by atoms with E-state index in [0.717, 1.165) is 0 Å². The molecule has 0 atom stereocenters. The van der Waals surface area contributed by atoms with E-state index >= 15 is 0 Å². The fraction of sp³-hybridized carbons (Fsp3) is 0.857. The molecule has 3 fully saturated rings. The SMILES string of the molecule is O=C(O)C12COCC(O)(C1)C2. The zero-order valence-corrected chi connectivity index (χ0v) is 6.04. The van der Waals surface area contributed by atoms with Crippen LogP contribution < -0.4 is 0 Å². The summed E-state index contributed by atoms with van der Waals surface area (Å²) in [4.78, 5) is 10.7. The van der Waals surface area contributed by atoms with Crippen molar-refractivity contribution < 1.29 is 19.7 Å². The van der Waals surface area contributed by atoms with Crippen molar-refractivity contribution in [1.82, 2.24) is 0 Å². The number of aliphatic hydroxyl groups is 1. The Balaban J connectivity index is 2.16. The van der Waals surface area contributed by atoms with Crippen LogP contribution in [0, 0.1) is 5.41 Å². The Labute approximate surface area is 63.8 Å². The van der Waals surface area contributed by atoms with E-state index in [2.05, 4.69) is 0 Å². The van der Waals surface area contributed by atoms with Gasteiger partial charge < -0.3 is 14.9 Å². The molecule has 2 saturated heterocycles. The Bertz CT molecular complexity index is 204. The van der Waals surface area contributed by atoms with E-state index in [1.807, 2.05) is 0 Å². The van der Waals surface area contributed by atoms with Crippen molar-refractivity contribution in [3.8, 4) is 0 Å². The van der Waals surface area contributed by atoms with Gasteiger partial charge >= 0.3 is 5.97 Å². The largest absolute Gasteiger partial charge is 0.481 e. The van der Waals surface area contributed by atoms with E-state index in [1.54, 1.807) is 0 Å². The molecule has 3 aliphatic rings. The Morgan fingerprint density at radius 3 is 2.36 bits per heavy atom. The van der Waals surface area contributed by atoms with Gasteiger partial charge in [0.2, 0.25) is 0 Å². The molecule has 2 aliphatic heterocycles. The molecule has 0 aromatic rings. The van der Waals surface area contributed by atoms with E-state index in [9.17, 15) is 9.90 Å². The highest BCUT2D eigenvalue weighted by Gasteiger charge is 2.62. The second kappa shape index (κ2) is 1.76. The number of carbonyl (C=O) groups is 1. The number of carboxylic acid groups (broad SMARTS) is 1. The summed E-state index contributed by atoms with van der Waals surface area (Å²) in [7, 11) is 0. The average Bonchev–Trinajstić information content (AvgIpc) is 1.85. The predicted octanol–water partition coefficient (Wildman–Crippen LogP) is -0.388. The van der Waals surface area contributed by atoms with Crippen LogP contribution in [0.4, 0.5) is 0 Å². The van der Waals surface area contributed by atoms with Crippen LogP contribution in [0.25, 0.3) is 0 Å². The van der Waals surface area contributed by atoms with Gasteiger partial charge in [-0.05, 0) is 12.8 Å². The lowest BCUT2D eigenvalue weighted by atomic mass is 9.58. The van der Waals surface area contributed by atoms with Gasteiger partial charge in [-0.15, -0.1) is 0 Å². The lowest BCUT2D eigenvalue weighted by molar-refractivity contribution is -0.242. The molecule has 2 N–H and O–H groups in total. The van der Waals surface area contributed by atoms with Crippen LogP contribution in [0.2, 0.25) is 0 Å². The first kappa shape index (κ1) is 7.06. The normalized spacial score (nSPS) is 48.1. The van der Waals surface area contributed by atoms with E-state index in [0.29, 0.717) is 19.4 Å². The molecule has 0 amide bonds. The van der Waals surface area contributed by atoms with Gasteiger partial charge in [-0.25, -0.2) is 0 Å². The molecule has 0 unspecified atom stereocenters. The van der Waals surface area contributed by atoms with Gasteiger partial charge in [0.25, 0.3) is 0 Å². The molecule has 4 nitrogen and oxygen atoms in total. The quantitative estimate of drug-likeness (QED) is 0.545. The Kier molecular flexibility index (Phi) is 1.13. The zero-order valence-electron chi connectivity index (χ0n) is 6.04. The van der Waals surface area contributed by atoms with Crippen molar-refractivity contribution >= 4 is 5.97 Å². The molecule has 0 aromatic heterocycles. The molecule has 0 radical (unpaired) electrons. The molecule has 62 valence electrons. The second-order valence-corrected chi connectivity index (χ2v) is 3.66. The third kappa shape index (κ3) is 0.795. The van der Waals surface area contributed by atoms with E-state index in [1.165, 1.54) is 0 Å². The maximum absolute atomic E-state index is 10.7. The highest BCUT2D eigenvalue weighted by Crippen LogP contribution is 2.52. The van der Waals surface area contributed by atoms with Crippen molar-refractivity contribution in [2.45, 2.75) is 18.4 Å². The summed E-state index contributed by atoms with van der Waals surface area (Å²) >= 11 is 0. The number of ether oxygens (including phenoxy) is 1. The molecule has 0 aromatic carbocycles. The maximum atomic E-state index is 10.7. The fourth-order valence-electron chi connectivity index (χ4n) is 2.06. The molecule has 1 aliphatic carbocycles. The number of fused-ring (bicyclic) bond motifs is 2. The third-order valence-corrected chi connectivity index (χ3v) is 2.54. The van der Waals surface area contributed by atoms with E-state index < -0.39 is 17.0 Å². The molecule has 0 spiro atoms. The summed E-state index contributed by atoms with van der Waals surface area (Å²) in [5.41, 5.74) is -1.61. The lowest BCUT2D eigenvalue weighted by Gasteiger charge is -2.54. The standard InChI is InChI=1S/C7H10O4/c8-5(9)6-1-7(10,2-6)4-11-3-6/h10H,1-4H2,(H,8,9). The van der Waals surface area contributed by atoms with Gasteiger partial charge in [0.15, 0.2) is 0 Å². The molecule has 3 rings (SSSR count). The van der Waals surface area contributed by atoms with Crippen LogP contribution in [0.5, 0.6) is 0 Å². The van der Waals surface area contributed by atoms with E-state index in [-0.39, 0.29) is 6.61 Å². The summed E-state index contributed by atoms with van der Waals surface area (Å²) in [6, 6.07) is 0.